The minimum Gasteiger partial charge on any atom is -0.313 e. The van der Waals surface area contributed by atoms with Crippen LogP contribution in [0.3, 0.4) is 0 Å². The van der Waals surface area contributed by atoms with Crippen LogP contribution in [0.5, 0.6) is 0 Å². The van der Waals surface area contributed by atoms with E-state index in [1.54, 1.807) is 0 Å². The van der Waals surface area contributed by atoms with E-state index in [4.69, 9.17) is 4.98 Å². The molecule has 2 heterocycles. The maximum absolute atomic E-state index is 5.25. The van der Waals surface area contributed by atoms with E-state index in [0.29, 0.717) is 0 Å². The number of allylic oxidation sites excluding steroid dienone is 4. The first-order valence-corrected chi connectivity index (χ1v) is 15.7. The van der Waals surface area contributed by atoms with Gasteiger partial charge in [-0.05, 0) is 88.3 Å². The molecule has 0 spiro atoms. The number of pyridine rings is 1. The van der Waals surface area contributed by atoms with Crippen molar-refractivity contribution in [1.29, 1.82) is 0 Å². The number of para-hydroxylation sites is 1. The number of benzene rings is 6. The molecule has 0 unspecified atom stereocenters. The Labute approximate surface area is 262 Å². The van der Waals surface area contributed by atoms with Gasteiger partial charge < -0.3 is 4.57 Å². The average Bonchev–Trinajstić information content (AvgIpc) is 3.45. The minimum absolute atomic E-state index is 0.980. The monoisotopic (exact) mass is 574 g/mol. The van der Waals surface area contributed by atoms with Crippen LogP contribution in [0.2, 0.25) is 0 Å². The van der Waals surface area contributed by atoms with Crippen molar-refractivity contribution in [2.75, 3.05) is 0 Å². The van der Waals surface area contributed by atoms with Crippen molar-refractivity contribution < 1.29 is 0 Å². The smallest absolute Gasteiger partial charge is 0.0722 e. The highest BCUT2D eigenvalue weighted by molar-refractivity contribution is 6.14. The van der Waals surface area contributed by atoms with Crippen LogP contribution in [0, 0.1) is 0 Å². The summed E-state index contributed by atoms with van der Waals surface area (Å²) in [6.07, 6.45) is 8.82. The highest BCUT2D eigenvalue weighted by Gasteiger charge is 2.16. The third kappa shape index (κ3) is 4.29. The summed E-state index contributed by atoms with van der Waals surface area (Å²) in [5, 5.41) is 6.23. The normalized spacial score (nSPS) is 13.2. The molecule has 2 nitrogen and oxygen atoms in total. The van der Waals surface area contributed by atoms with Gasteiger partial charge in [-0.25, -0.2) is 4.98 Å². The molecule has 1 aliphatic carbocycles. The van der Waals surface area contributed by atoms with Gasteiger partial charge in [0.15, 0.2) is 0 Å². The molecule has 45 heavy (non-hydrogen) atoms. The zero-order valence-corrected chi connectivity index (χ0v) is 24.8. The maximum Gasteiger partial charge on any atom is 0.0722 e. The third-order valence-corrected chi connectivity index (χ3v) is 9.23. The average molecular weight is 575 g/mol. The van der Waals surface area contributed by atoms with Crippen LogP contribution >= 0.6 is 0 Å². The van der Waals surface area contributed by atoms with Crippen LogP contribution < -0.4 is 0 Å². The SMILES string of the molecule is C1=CCCC(n2c3ccccc3c3cc(-c4cccc(-c5cc(-c6ccccc6)c6c(ccc7ccccc76)n5)c4)ccc32)=C1. The molecule has 8 aromatic rings. The van der Waals surface area contributed by atoms with E-state index in [9.17, 15) is 0 Å². The van der Waals surface area contributed by atoms with Gasteiger partial charge in [0.1, 0.15) is 0 Å². The van der Waals surface area contributed by atoms with E-state index < -0.39 is 0 Å². The predicted molar refractivity (Wildman–Crippen MR) is 191 cm³/mol. The molecule has 2 aromatic heterocycles. The van der Waals surface area contributed by atoms with Gasteiger partial charge in [0.05, 0.1) is 22.2 Å². The fourth-order valence-electron chi connectivity index (χ4n) is 7.10. The highest BCUT2D eigenvalue weighted by atomic mass is 15.0. The van der Waals surface area contributed by atoms with E-state index in [0.717, 1.165) is 29.6 Å². The lowest BCUT2D eigenvalue weighted by molar-refractivity contribution is 0.979. The summed E-state index contributed by atoms with van der Waals surface area (Å²) in [6.45, 7) is 0. The Morgan fingerprint density at radius 3 is 2.18 bits per heavy atom. The van der Waals surface area contributed by atoms with Gasteiger partial charge in [-0.2, -0.15) is 0 Å². The van der Waals surface area contributed by atoms with Crippen LogP contribution in [-0.4, -0.2) is 9.55 Å². The van der Waals surface area contributed by atoms with Crippen LogP contribution in [0.4, 0.5) is 0 Å². The molecule has 0 aliphatic heterocycles. The number of hydrogen-bond acceptors (Lipinski definition) is 1. The molecule has 212 valence electrons. The van der Waals surface area contributed by atoms with Gasteiger partial charge in [-0.15, -0.1) is 0 Å². The van der Waals surface area contributed by atoms with Crippen molar-refractivity contribution in [2.45, 2.75) is 12.8 Å². The summed E-state index contributed by atoms with van der Waals surface area (Å²) in [6, 6.07) is 50.5. The van der Waals surface area contributed by atoms with E-state index >= 15 is 0 Å². The van der Waals surface area contributed by atoms with E-state index in [1.165, 1.54) is 65.9 Å². The molecular formula is C43H30N2. The molecule has 1 aliphatic rings. The second kappa shape index (κ2) is 10.5. The number of aromatic nitrogens is 2. The predicted octanol–water partition coefficient (Wildman–Crippen LogP) is 11.7. The molecule has 0 N–H and O–H groups in total. The molecule has 0 saturated heterocycles. The Hall–Kier alpha value is -5.73. The van der Waals surface area contributed by atoms with Crippen molar-refractivity contribution in [3.8, 4) is 33.5 Å². The second-order valence-electron chi connectivity index (χ2n) is 11.9. The summed E-state index contributed by atoms with van der Waals surface area (Å²) in [4.78, 5) is 5.25. The fraction of sp³-hybridized carbons (Fsp3) is 0.0465. The molecule has 0 saturated carbocycles. The van der Waals surface area contributed by atoms with Gasteiger partial charge in [0.2, 0.25) is 0 Å². The van der Waals surface area contributed by atoms with Crippen LogP contribution in [0.1, 0.15) is 12.8 Å². The molecule has 0 fully saturated rings. The van der Waals surface area contributed by atoms with Crippen molar-refractivity contribution in [2.24, 2.45) is 0 Å². The summed E-state index contributed by atoms with van der Waals surface area (Å²) >= 11 is 0. The Morgan fingerprint density at radius 2 is 1.29 bits per heavy atom. The van der Waals surface area contributed by atoms with Crippen LogP contribution in [-0.2, 0) is 0 Å². The largest absolute Gasteiger partial charge is 0.313 e. The lowest BCUT2D eigenvalue weighted by atomic mass is 9.94. The third-order valence-electron chi connectivity index (χ3n) is 9.23. The van der Waals surface area contributed by atoms with E-state index in [1.807, 2.05) is 0 Å². The van der Waals surface area contributed by atoms with Crippen molar-refractivity contribution >= 4 is 49.2 Å². The molecule has 9 rings (SSSR count). The standard InChI is InChI=1S/C43H30N2/c1-3-12-29(13-4-1)37-28-40(44-39-24-22-30-14-7-8-19-35(30)43(37)39)33-16-11-15-31(26-33)32-23-25-42-38(27-32)36-20-9-10-21-41(36)45(42)34-17-5-2-6-18-34/h1-5,7-17,19-28H,6,18H2. The van der Waals surface area contributed by atoms with Crippen molar-refractivity contribution in [1.82, 2.24) is 9.55 Å². The fourth-order valence-corrected chi connectivity index (χ4v) is 7.10. The first kappa shape index (κ1) is 25.7. The van der Waals surface area contributed by atoms with Gasteiger partial charge in [0.25, 0.3) is 0 Å². The first-order chi connectivity index (χ1) is 22.3. The Morgan fingerprint density at radius 1 is 0.533 bits per heavy atom. The van der Waals surface area contributed by atoms with Gasteiger partial charge in [0, 0.05) is 27.4 Å². The molecule has 0 atom stereocenters. The zero-order chi connectivity index (χ0) is 29.7. The first-order valence-electron chi connectivity index (χ1n) is 15.7. The van der Waals surface area contributed by atoms with Crippen molar-refractivity contribution in [3.63, 3.8) is 0 Å². The van der Waals surface area contributed by atoms with Gasteiger partial charge in [-0.1, -0.05) is 115 Å². The van der Waals surface area contributed by atoms with Crippen molar-refractivity contribution in [3.05, 3.63) is 158 Å². The minimum atomic E-state index is 0.980. The Bertz CT molecular complexity index is 2480. The van der Waals surface area contributed by atoms with E-state index in [-0.39, 0.29) is 0 Å². The topological polar surface area (TPSA) is 17.8 Å². The molecular weight excluding hydrogens is 544 g/mol. The number of rotatable bonds is 4. The highest BCUT2D eigenvalue weighted by Crippen LogP contribution is 2.39. The number of fused-ring (bicyclic) bond motifs is 6. The van der Waals surface area contributed by atoms with Crippen LogP contribution in [0.15, 0.2) is 158 Å². The lowest BCUT2D eigenvalue weighted by Gasteiger charge is -2.14. The van der Waals surface area contributed by atoms with Crippen LogP contribution in [0.25, 0.3) is 82.7 Å². The summed E-state index contributed by atoms with van der Waals surface area (Å²) < 4.78 is 2.45. The molecule has 0 radical (unpaired) electrons. The summed E-state index contributed by atoms with van der Waals surface area (Å²) in [7, 11) is 0. The molecule has 0 amide bonds. The second-order valence-corrected chi connectivity index (χ2v) is 11.9. The maximum atomic E-state index is 5.25. The Balaban J connectivity index is 1.21. The number of nitrogens with zero attached hydrogens (tertiary/aromatic N) is 2. The quantitative estimate of drug-likeness (QED) is 0.191. The summed E-state index contributed by atoms with van der Waals surface area (Å²) in [5.41, 5.74) is 11.8. The molecule has 2 heteroatoms. The zero-order valence-electron chi connectivity index (χ0n) is 24.8. The van der Waals surface area contributed by atoms with Gasteiger partial charge in [-0.3, -0.25) is 0 Å². The molecule has 0 bridgehead atoms. The van der Waals surface area contributed by atoms with Gasteiger partial charge >= 0.3 is 0 Å². The Kier molecular flexibility index (Phi) is 5.99. The lowest BCUT2D eigenvalue weighted by Crippen LogP contribution is -1.98. The number of hydrogen-bond donors (Lipinski definition) is 0. The van der Waals surface area contributed by atoms with E-state index in [2.05, 4.69) is 162 Å². The molecule has 6 aromatic carbocycles. The summed E-state index contributed by atoms with van der Waals surface area (Å²) in [5.74, 6) is 0.